The van der Waals surface area contributed by atoms with Crippen molar-refractivity contribution in [2.24, 2.45) is 0 Å². The summed E-state index contributed by atoms with van der Waals surface area (Å²) in [5.74, 6) is 1.84. The van der Waals surface area contributed by atoms with Crippen LogP contribution in [0.25, 0.3) is 0 Å². The van der Waals surface area contributed by atoms with Gasteiger partial charge in [0, 0.05) is 45.0 Å². The lowest BCUT2D eigenvalue weighted by atomic mass is 10.1. The first-order valence-electron chi connectivity index (χ1n) is 9.62. The molecule has 3 aromatic rings. The largest absolute Gasteiger partial charge is 0.352 e. The molecule has 0 radical (unpaired) electrons. The zero-order chi connectivity index (χ0) is 20.1. The van der Waals surface area contributed by atoms with Crippen molar-refractivity contribution in [2.75, 3.05) is 31.1 Å². The SMILES string of the molecule is CC(NC(=O)N1CCN(c2cnccn2)CC1)c1nc(Cc2ccccc2)no1. The van der Waals surface area contributed by atoms with Crippen LogP contribution in [0.2, 0.25) is 0 Å². The van der Waals surface area contributed by atoms with E-state index >= 15 is 0 Å². The van der Waals surface area contributed by atoms with Gasteiger partial charge in [-0.25, -0.2) is 9.78 Å². The number of amides is 2. The molecule has 29 heavy (non-hydrogen) atoms. The third-order valence-electron chi connectivity index (χ3n) is 4.84. The average Bonchev–Trinajstić information content (AvgIpc) is 3.24. The first-order chi connectivity index (χ1) is 14.2. The average molecular weight is 393 g/mol. The molecule has 0 spiro atoms. The Balaban J connectivity index is 1.29. The zero-order valence-electron chi connectivity index (χ0n) is 16.2. The molecule has 4 rings (SSSR count). The third kappa shape index (κ3) is 4.68. The maximum atomic E-state index is 12.6. The summed E-state index contributed by atoms with van der Waals surface area (Å²) in [4.78, 5) is 29.3. The van der Waals surface area contributed by atoms with Gasteiger partial charge in [0.25, 0.3) is 0 Å². The summed E-state index contributed by atoms with van der Waals surface area (Å²) in [6.45, 7) is 4.48. The van der Waals surface area contributed by atoms with E-state index in [-0.39, 0.29) is 12.1 Å². The number of carbonyl (C=O) groups is 1. The van der Waals surface area contributed by atoms with Crippen LogP contribution in [-0.2, 0) is 6.42 Å². The number of aromatic nitrogens is 4. The second-order valence-electron chi connectivity index (χ2n) is 6.92. The Morgan fingerprint density at radius 2 is 1.97 bits per heavy atom. The number of hydrogen-bond acceptors (Lipinski definition) is 7. The molecule has 1 unspecified atom stereocenters. The van der Waals surface area contributed by atoms with Crippen LogP contribution >= 0.6 is 0 Å². The van der Waals surface area contributed by atoms with Crippen molar-refractivity contribution in [1.82, 2.24) is 30.3 Å². The molecule has 1 atom stereocenters. The molecule has 0 saturated carbocycles. The van der Waals surface area contributed by atoms with E-state index in [0.717, 1.165) is 11.4 Å². The van der Waals surface area contributed by atoms with E-state index in [0.29, 0.717) is 44.3 Å². The Morgan fingerprint density at radius 1 is 1.17 bits per heavy atom. The highest BCUT2D eigenvalue weighted by molar-refractivity contribution is 5.74. The van der Waals surface area contributed by atoms with Crippen molar-refractivity contribution >= 4 is 11.8 Å². The maximum Gasteiger partial charge on any atom is 0.318 e. The predicted octanol–water partition coefficient (Wildman–Crippen LogP) is 2.04. The van der Waals surface area contributed by atoms with Crippen LogP contribution in [0.5, 0.6) is 0 Å². The summed E-state index contributed by atoms with van der Waals surface area (Å²) in [6.07, 6.45) is 5.65. The molecule has 9 heteroatoms. The summed E-state index contributed by atoms with van der Waals surface area (Å²) < 4.78 is 5.34. The summed E-state index contributed by atoms with van der Waals surface area (Å²) in [6, 6.07) is 9.45. The smallest absolute Gasteiger partial charge is 0.318 e. The van der Waals surface area contributed by atoms with E-state index in [1.54, 1.807) is 23.5 Å². The Kier molecular flexibility index (Phi) is 5.64. The summed E-state index contributed by atoms with van der Waals surface area (Å²) >= 11 is 0. The number of benzene rings is 1. The highest BCUT2D eigenvalue weighted by Crippen LogP contribution is 2.15. The highest BCUT2D eigenvalue weighted by Gasteiger charge is 2.24. The first kappa shape index (κ1) is 18.9. The lowest BCUT2D eigenvalue weighted by Crippen LogP contribution is -2.52. The normalized spacial score (nSPS) is 15.2. The van der Waals surface area contributed by atoms with Crippen molar-refractivity contribution < 1.29 is 9.32 Å². The van der Waals surface area contributed by atoms with Gasteiger partial charge in [0.1, 0.15) is 11.9 Å². The molecule has 2 amide bonds. The van der Waals surface area contributed by atoms with Gasteiger partial charge in [0.15, 0.2) is 5.82 Å². The fraction of sp³-hybridized carbons (Fsp3) is 0.350. The van der Waals surface area contributed by atoms with E-state index in [4.69, 9.17) is 4.52 Å². The zero-order valence-corrected chi connectivity index (χ0v) is 16.2. The lowest BCUT2D eigenvalue weighted by molar-refractivity contribution is 0.188. The molecule has 0 aliphatic carbocycles. The van der Waals surface area contributed by atoms with Crippen LogP contribution in [0.3, 0.4) is 0 Å². The molecule has 1 aliphatic heterocycles. The Hall–Kier alpha value is -3.49. The molecule has 1 fully saturated rings. The van der Waals surface area contributed by atoms with Gasteiger partial charge in [0.05, 0.1) is 6.20 Å². The Labute approximate surface area is 168 Å². The van der Waals surface area contributed by atoms with Crippen molar-refractivity contribution in [2.45, 2.75) is 19.4 Å². The third-order valence-corrected chi connectivity index (χ3v) is 4.84. The van der Waals surface area contributed by atoms with E-state index in [1.165, 1.54) is 0 Å². The van der Waals surface area contributed by atoms with Crippen LogP contribution in [-0.4, -0.2) is 57.2 Å². The molecule has 2 aromatic heterocycles. The molecule has 150 valence electrons. The van der Waals surface area contributed by atoms with Crippen molar-refractivity contribution in [3.05, 3.63) is 66.2 Å². The minimum atomic E-state index is -0.363. The second-order valence-corrected chi connectivity index (χ2v) is 6.92. The molecule has 1 aliphatic rings. The fourth-order valence-electron chi connectivity index (χ4n) is 3.22. The van der Waals surface area contributed by atoms with Crippen LogP contribution in [0.15, 0.2) is 53.4 Å². The van der Waals surface area contributed by atoms with Gasteiger partial charge in [-0.3, -0.25) is 4.98 Å². The van der Waals surface area contributed by atoms with Gasteiger partial charge < -0.3 is 19.6 Å². The minimum Gasteiger partial charge on any atom is -0.352 e. The lowest BCUT2D eigenvalue weighted by Gasteiger charge is -2.35. The van der Waals surface area contributed by atoms with Crippen molar-refractivity contribution in [3.8, 4) is 0 Å². The van der Waals surface area contributed by atoms with Crippen molar-refractivity contribution in [1.29, 1.82) is 0 Å². The number of nitrogens with zero attached hydrogens (tertiary/aromatic N) is 6. The fourth-order valence-corrected chi connectivity index (χ4v) is 3.22. The molecule has 0 bridgehead atoms. The highest BCUT2D eigenvalue weighted by atomic mass is 16.5. The van der Waals surface area contributed by atoms with E-state index in [2.05, 4.69) is 30.3 Å². The number of piperazine rings is 1. The van der Waals surface area contributed by atoms with Gasteiger partial charge in [0.2, 0.25) is 5.89 Å². The summed E-state index contributed by atoms with van der Waals surface area (Å²) in [7, 11) is 0. The molecule has 9 nitrogen and oxygen atoms in total. The van der Waals surface area contributed by atoms with Crippen LogP contribution in [0, 0.1) is 0 Å². The summed E-state index contributed by atoms with van der Waals surface area (Å²) in [5.41, 5.74) is 1.11. The Morgan fingerprint density at radius 3 is 2.69 bits per heavy atom. The molecule has 1 N–H and O–H groups in total. The maximum absolute atomic E-state index is 12.6. The number of anilines is 1. The number of hydrogen-bond donors (Lipinski definition) is 1. The van der Waals surface area contributed by atoms with Crippen LogP contribution in [0.4, 0.5) is 10.6 Å². The van der Waals surface area contributed by atoms with Gasteiger partial charge in [-0.1, -0.05) is 35.5 Å². The summed E-state index contributed by atoms with van der Waals surface area (Å²) in [5, 5.41) is 6.97. The van der Waals surface area contributed by atoms with E-state index in [1.807, 2.05) is 37.3 Å². The molecule has 1 aromatic carbocycles. The predicted molar refractivity (Wildman–Crippen MR) is 106 cm³/mol. The number of urea groups is 1. The monoisotopic (exact) mass is 393 g/mol. The van der Waals surface area contributed by atoms with Crippen molar-refractivity contribution in [3.63, 3.8) is 0 Å². The number of rotatable bonds is 5. The van der Waals surface area contributed by atoms with Gasteiger partial charge in [-0.2, -0.15) is 4.98 Å². The number of carbonyl (C=O) groups excluding carboxylic acids is 1. The van der Waals surface area contributed by atoms with E-state index < -0.39 is 0 Å². The van der Waals surface area contributed by atoms with Gasteiger partial charge in [-0.15, -0.1) is 0 Å². The van der Waals surface area contributed by atoms with Crippen LogP contribution in [0.1, 0.15) is 30.2 Å². The standard InChI is InChI=1S/C20H23N7O2/c1-15(19-24-17(25-29-19)13-16-5-3-2-4-6-16)23-20(28)27-11-9-26(10-12-27)18-14-21-7-8-22-18/h2-8,14-15H,9-13H2,1H3,(H,23,28). The minimum absolute atomic E-state index is 0.140. The second kappa shape index (κ2) is 8.68. The molecular weight excluding hydrogens is 370 g/mol. The van der Waals surface area contributed by atoms with Gasteiger partial charge in [-0.05, 0) is 12.5 Å². The molecule has 3 heterocycles. The van der Waals surface area contributed by atoms with Crippen LogP contribution < -0.4 is 10.2 Å². The quantitative estimate of drug-likeness (QED) is 0.708. The van der Waals surface area contributed by atoms with E-state index in [9.17, 15) is 4.79 Å². The van der Waals surface area contributed by atoms with Gasteiger partial charge >= 0.3 is 6.03 Å². The topological polar surface area (TPSA) is 100 Å². The Bertz CT molecular complexity index is 924. The molecule has 1 saturated heterocycles. The molecular formula is C20H23N7O2. The number of nitrogens with one attached hydrogen (secondary N) is 1. The first-order valence-corrected chi connectivity index (χ1v) is 9.62.